The Labute approximate surface area is 118 Å². The molecule has 0 aromatic rings. The van der Waals surface area contributed by atoms with Crippen LogP contribution in [-0.2, 0) is 14.3 Å². The number of aliphatic hydroxyl groups is 3. The Hall–Kier alpha value is -1.20. The van der Waals surface area contributed by atoms with Crippen molar-refractivity contribution < 1.29 is 42.8 Å². The lowest BCUT2D eigenvalue weighted by molar-refractivity contribution is -0.269. The highest BCUT2D eigenvalue weighted by Crippen LogP contribution is 2.24. The number of nitrogens with one attached hydrogen (secondary N) is 1. The number of alkyl halides is 3. The third kappa shape index (κ3) is 4.38. The van der Waals surface area contributed by atoms with Gasteiger partial charge in [0.15, 0.2) is 6.29 Å². The predicted octanol–water partition coefficient (Wildman–Crippen LogP) is -1.32. The maximum Gasteiger partial charge on any atom is 0.471 e. The van der Waals surface area contributed by atoms with Crippen molar-refractivity contribution in [3.8, 4) is 0 Å². The van der Waals surface area contributed by atoms with Crippen LogP contribution < -0.4 is 5.32 Å². The van der Waals surface area contributed by atoms with E-state index in [9.17, 15) is 28.2 Å². The minimum Gasteiger partial charge on any atom is -0.394 e. The Balaban J connectivity index is 2.88. The summed E-state index contributed by atoms with van der Waals surface area (Å²) < 4.78 is 46.8. The van der Waals surface area contributed by atoms with Crippen molar-refractivity contribution in [1.29, 1.82) is 0 Å². The molecule has 10 heteroatoms. The van der Waals surface area contributed by atoms with Crippen molar-refractivity contribution >= 4 is 5.91 Å². The van der Waals surface area contributed by atoms with E-state index in [1.165, 1.54) is 11.4 Å². The van der Waals surface area contributed by atoms with E-state index in [4.69, 9.17) is 14.6 Å². The van der Waals surface area contributed by atoms with Crippen LogP contribution in [0.15, 0.2) is 12.7 Å². The first-order chi connectivity index (χ1) is 9.72. The highest BCUT2D eigenvalue weighted by Gasteiger charge is 2.49. The Morgan fingerprint density at radius 1 is 1.38 bits per heavy atom. The second-order valence-corrected chi connectivity index (χ2v) is 4.33. The molecule has 7 nitrogen and oxygen atoms in total. The third-order valence-corrected chi connectivity index (χ3v) is 2.81. The zero-order valence-electron chi connectivity index (χ0n) is 10.8. The zero-order valence-corrected chi connectivity index (χ0v) is 10.8. The summed E-state index contributed by atoms with van der Waals surface area (Å²) >= 11 is 0. The summed E-state index contributed by atoms with van der Waals surface area (Å²) in [7, 11) is 0. The average molecular weight is 315 g/mol. The molecule has 1 rings (SSSR count). The van der Waals surface area contributed by atoms with E-state index in [1.54, 1.807) is 0 Å². The molecule has 4 N–H and O–H groups in total. The monoisotopic (exact) mass is 315 g/mol. The SMILES string of the molecule is C=CCOC1O[C@H](CO)[C@@H](O)[C@H](O)[C@H]1NC(=O)C(F)(F)F. The number of carbonyl (C=O) groups is 1. The normalized spacial score (nSPS) is 33.5. The molecular formula is C11H16F3NO6. The fourth-order valence-corrected chi connectivity index (χ4v) is 1.77. The largest absolute Gasteiger partial charge is 0.471 e. The maximum atomic E-state index is 12.3. The van der Waals surface area contributed by atoms with E-state index in [1.807, 2.05) is 0 Å². The molecule has 1 amide bonds. The molecule has 0 aliphatic carbocycles. The van der Waals surface area contributed by atoms with Crippen LogP contribution in [0.5, 0.6) is 0 Å². The van der Waals surface area contributed by atoms with Crippen molar-refractivity contribution in [3.63, 3.8) is 0 Å². The molecule has 0 bridgehead atoms. The predicted molar refractivity (Wildman–Crippen MR) is 61.9 cm³/mol. The van der Waals surface area contributed by atoms with Gasteiger partial charge >= 0.3 is 12.1 Å². The summed E-state index contributed by atoms with van der Waals surface area (Å²) in [4.78, 5) is 10.9. The highest BCUT2D eigenvalue weighted by molar-refractivity contribution is 5.82. The van der Waals surface area contributed by atoms with Gasteiger partial charge in [-0.15, -0.1) is 6.58 Å². The molecule has 122 valence electrons. The minimum atomic E-state index is -5.17. The van der Waals surface area contributed by atoms with Gasteiger partial charge in [0, 0.05) is 0 Å². The van der Waals surface area contributed by atoms with Gasteiger partial charge in [-0.25, -0.2) is 0 Å². The molecule has 0 aromatic heterocycles. The molecule has 1 aliphatic rings. The first-order valence-electron chi connectivity index (χ1n) is 5.95. The number of hydrogen-bond acceptors (Lipinski definition) is 6. The van der Waals surface area contributed by atoms with Crippen LogP contribution in [0, 0.1) is 0 Å². The summed E-state index contributed by atoms with van der Waals surface area (Å²) in [6, 6.07) is -1.66. The van der Waals surface area contributed by atoms with Crippen molar-refractivity contribution in [3.05, 3.63) is 12.7 Å². The molecule has 0 spiro atoms. The van der Waals surface area contributed by atoms with Gasteiger partial charge in [0.05, 0.1) is 13.2 Å². The van der Waals surface area contributed by atoms with Gasteiger partial charge in [-0.05, 0) is 0 Å². The summed E-state index contributed by atoms with van der Waals surface area (Å²) in [5.74, 6) is -2.31. The summed E-state index contributed by atoms with van der Waals surface area (Å²) in [5, 5.41) is 29.9. The standard InChI is InChI=1S/C11H16F3NO6/c1-2-3-20-9-6(15-10(19)11(12,13)14)8(18)7(17)5(4-16)21-9/h2,5-9,16-18H,1,3-4H2,(H,15,19)/t5-,6-,7-,8-,9?/m1/s1. The second kappa shape index (κ2) is 7.18. The van der Waals surface area contributed by atoms with E-state index >= 15 is 0 Å². The molecule has 1 saturated heterocycles. The maximum absolute atomic E-state index is 12.3. The van der Waals surface area contributed by atoms with E-state index in [-0.39, 0.29) is 6.61 Å². The first-order valence-corrected chi connectivity index (χ1v) is 5.95. The molecule has 0 aromatic carbocycles. The number of ether oxygens (including phenoxy) is 2. The molecular weight excluding hydrogens is 299 g/mol. The lowest BCUT2D eigenvalue weighted by Crippen LogP contribution is -2.65. The topological polar surface area (TPSA) is 108 Å². The molecule has 0 radical (unpaired) electrons. The fraction of sp³-hybridized carbons (Fsp3) is 0.727. The van der Waals surface area contributed by atoms with E-state index in [2.05, 4.69) is 6.58 Å². The zero-order chi connectivity index (χ0) is 16.2. The third-order valence-electron chi connectivity index (χ3n) is 2.81. The summed E-state index contributed by atoms with van der Waals surface area (Å²) in [6.07, 6.45) is -10.1. The van der Waals surface area contributed by atoms with Crippen molar-refractivity contribution in [2.45, 2.75) is 36.8 Å². The number of rotatable bonds is 5. The molecule has 5 atom stereocenters. The minimum absolute atomic E-state index is 0.135. The van der Waals surface area contributed by atoms with Crippen LogP contribution in [0.2, 0.25) is 0 Å². The van der Waals surface area contributed by atoms with Crippen LogP contribution in [0.4, 0.5) is 13.2 Å². The number of carbonyl (C=O) groups excluding carboxylic acids is 1. The van der Waals surface area contributed by atoms with Gasteiger partial charge in [0.25, 0.3) is 0 Å². The highest BCUT2D eigenvalue weighted by atomic mass is 19.4. The van der Waals surface area contributed by atoms with Gasteiger partial charge in [0.2, 0.25) is 0 Å². The summed E-state index contributed by atoms with van der Waals surface area (Å²) in [5.41, 5.74) is 0. The van der Waals surface area contributed by atoms with E-state index in [0.717, 1.165) is 0 Å². The van der Waals surface area contributed by atoms with Gasteiger partial charge in [-0.2, -0.15) is 13.2 Å². The van der Waals surface area contributed by atoms with Gasteiger partial charge < -0.3 is 30.1 Å². The van der Waals surface area contributed by atoms with Crippen molar-refractivity contribution in [2.24, 2.45) is 0 Å². The smallest absolute Gasteiger partial charge is 0.394 e. The number of hydrogen-bond donors (Lipinski definition) is 4. The molecule has 1 unspecified atom stereocenters. The fourth-order valence-electron chi connectivity index (χ4n) is 1.77. The van der Waals surface area contributed by atoms with Gasteiger partial charge in [0.1, 0.15) is 24.4 Å². The van der Waals surface area contributed by atoms with Gasteiger partial charge in [-0.3, -0.25) is 4.79 Å². The van der Waals surface area contributed by atoms with Crippen LogP contribution in [0.1, 0.15) is 0 Å². The molecule has 1 fully saturated rings. The molecule has 21 heavy (non-hydrogen) atoms. The first kappa shape index (κ1) is 17.9. The van der Waals surface area contributed by atoms with E-state index in [0.29, 0.717) is 0 Å². The lowest BCUT2D eigenvalue weighted by atomic mass is 9.97. The number of aliphatic hydroxyl groups excluding tert-OH is 3. The van der Waals surface area contributed by atoms with Crippen molar-refractivity contribution in [2.75, 3.05) is 13.2 Å². The average Bonchev–Trinajstić information content (AvgIpc) is 2.41. The Kier molecular flexibility index (Phi) is 6.10. The second-order valence-electron chi connectivity index (χ2n) is 4.33. The molecule has 1 heterocycles. The quantitative estimate of drug-likeness (QED) is 0.469. The Bertz CT molecular complexity index is 377. The Morgan fingerprint density at radius 2 is 2.00 bits per heavy atom. The van der Waals surface area contributed by atoms with Crippen LogP contribution in [0.3, 0.4) is 0 Å². The lowest BCUT2D eigenvalue weighted by Gasteiger charge is -2.42. The molecule has 0 saturated carbocycles. The summed E-state index contributed by atoms with van der Waals surface area (Å²) in [6.45, 7) is 2.51. The van der Waals surface area contributed by atoms with Crippen LogP contribution in [-0.4, -0.2) is 71.3 Å². The van der Waals surface area contributed by atoms with E-state index < -0.39 is 49.3 Å². The van der Waals surface area contributed by atoms with Crippen LogP contribution in [0.25, 0.3) is 0 Å². The molecule has 1 aliphatic heterocycles. The van der Waals surface area contributed by atoms with Gasteiger partial charge in [-0.1, -0.05) is 6.08 Å². The number of halogens is 3. The van der Waals surface area contributed by atoms with Crippen molar-refractivity contribution in [1.82, 2.24) is 5.32 Å². The number of amides is 1. The Morgan fingerprint density at radius 3 is 2.48 bits per heavy atom. The van der Waals surface area contributed by atoms with Crippen LogP contribution >= 0.6 is 0 Å².